The zero-order valence-electron chi connectivity index (χ0n) is 15.5. The number of carbonyl (C=O) groups is 1. The van der Waals surface area contributed by atoms with Crippen LogP contribution in [0.4, 0.5) is 8.78 Å². The fourth-order valence-electron chi connectivity index (χ4n) is 2.89. The van der Waals surface area contributed by atoms with Crippen molar-refractivity contribution in [2.24, 2.45) is 0 Å². The molecule has 0 radical (unpaired) electrons. The van der Waals surface area contributed by atoms with Gasteiger partial charge in [-0.3, -0.25) is 15.2 Å². The van der Waals surface area contributed by atoms with Crippen molar-refractivity contribution in [2.75, 3.05) is 13.6 Å². The van der Waals surface area contributed by atoms with Crippen LogP contribution in [0, 0.1) is 17.0 Å². The summed E-state index contributed by atoms with van der Waals surface area (Å²) in [6, 6.07) is 3.42. The lowest BCUT2D eigenvalue weighted by Gasteiger charge is -2.16. The van der Waals surface area contributed by atoms with Gasteiger partial charge in [-0.05, 0) is 34.1 Å². The number of sulfonamides is 1. The van der Waals surface area contributed by atoms with E-state index < -0.39 is 38.8 Å². The largest absolute Gasteiger partial charge is 0.299 e. The number of aromatic nitrogens is 1. The molecule has 3 rings (SSSR count). The van der Waals surface area contributed by atoms with Crippen molar-refractivity contribution in [2.45, 2.75) is 12.7 Å². The highest BCUT2D eigenvalue weighted by Crippen LogP contribution is 2.33. The number of Topliss-reactive ketones (excluding diaryl/α,β-unsaturated/α-hetero) is 1. The Hall–Kier alpha value is -2.30. The first-order chi connectivity index (χ1) is 13.6. The molecule has 2 aromatic rings. The van der Waals surface area contributed by atoms with Gasteiger partial charge in [-0.1, -0.05) is 13.0 Å². The second kappa shape index (κ2) is 7.85. The highest BCUT2D eigenvalue weighted by atomic mass is 79.9. The number of rotatable bonds is 6. The van der Waals surface area contributed by atoms with E-state index in [4.69, 9.17) is 5.41 Å². The van der Waals surface area contributed by atoms with Crippen LogP contribution >= 0.6 is 15.9 Å². The third-order valence-electron chi connectivity index (χ3n) is 4.59. The predicted molar refractivity (Wildman–Crippen MR) is 108 cm³/mol. The van der Waals surface area contributed by atoms with Crippen LogP contribution in [0.5, 0.6) is 0 Å². The molecule has 0 spiro atoms. The molecule has 10 heteroatoms. The Morgan fingerprint density at radius 3 is 2.66 bits per heavy atom. The molecule has 0 atom stereocenters. The van der Waals surface area contributed by atoms with Crippen molar-refractivity contribution in [3.8, 4) is 0 Å². The fourth-order valence-corrected chi connectivity index (χ4v) is 4.45. The van der Waals surface area contributed by atoms with E-state index in [0.717, 1.165) is 16.4 Å². The van der Waals surface area contributed by atoms with E-state index in [9.17, 15) is 17.6 Å². The molecule has 0 saturated carbocycles. The monoisotopic (exact) mass is 483 g/mol. The summed E-state index contributed by atoms with van der Waals surface area (Å²) >= 11 is 3.22. The highest BCUT2D eigenvalue weighted by molar-refractivity contribution is 9.10. The van der Waals surface area contributed by atoms with E-state index in [-0.39, 0.29) is 34.7 Å². The Morgan fingerprint density at radius 2 is 2.00 bits per heavy atom. The van der Waals surface area contributed by atoms with Crippen molar-refractivity contribution < 1.29 is 22.0 Å². The summed E-state index contributed by atoms with van der Waals surface area (Å²) in [6.45, 7) is 1.81. The molecule has 1 N–H and O–H groups in total. The van der Waals surface area contributed by atoms with Crippen LogP contribution in [0.1, 0.15) is 34.1 Å². The minimum absolute atomic E-state index is 0.0556. The van der Waals surface area contributed by atoms with E-state index in [1.165, 1.54) is 25.4 Å². The number of pyridine rings is 1. The number of allylic oxidation sites excluding steroid dienone is 2. The van der Waals surface area contributed by atoms with Gasteiger partial charge in [-0.25, -0.2) is 21.5 Å². The SMILES string of the molecule is CCN(C)S(=O)(=O)Cc1ccc(F)c(C(=O)C2=CC(=N)c3ncc(Br)cc32)c1F. The highest BCUT2D eigenvalue weighted by Gasteiger charge is 2.31. The molecule has 1 aromatic carbocycles. The number of nitrogens with zero attached hydrogens (tertiary/aromatic N) is 2. The summed E-state index contributed by atoms with van der Waals surface area (Å²) < 4.78 is 55.6. The summed E-state index contributed by atoms with van der Waals surface area (Å²) in [6.07, 6.45) is 2.64. The lowest BCUT2D eigenvalue weighted by atomic mass is 9.97. The lowest BCUT2D eigenvalue weighted by Crippen LogP contribution is -2.28. The van der Waals surface area contributed by atoms with Gasteiger partial charge in [0.2, 0.25) is 10.0 Å². The first-order valence-corrected chi connectivity index (χ1v) is 10.9. The molecule has 1 aliphatic carbocycles. The number of hydrogen-bond acceptors (Lipinski definition) is 5. The van der Waals surface area contributed by atoms with Gasteiger partial charge in [0.15, 0.2) is 5.78 Å². The molecular formula is C19H16BrF2N3O3S. The Balaban J connectivity index is 2.07. The Bertz CT molecular complexity index is 1180. The maximum absolute atomic E-state index is 15.0. The topological polar surface area (TPSA) is 91.2 Å². The predicted octanol–water partition coefficient (Wildman–Crippen LogP) is 3.55. The summed E-state index contributed by atoms with van der Waals surface area (Å²) in [7, 11) is -2.48. The molecule has 0 bridgehead atoms. The third-order valence-corrected chi connectivity index (χ3v) is 6.91. The summed E-state index contributed by atoms with van der Waals surface area (Å²) in [4.78, 5) is 17.0. The van der Waals surface area contributed by atoms with Crippen LogP contribution < -0.4 is 0 Å². The summed E-state index contributed by atoms with van der Waals surface area (Å²) in [5.41, 5.74) is -0.806. The van der Waals surface area contributed by atoms with E-state index in [1.54, 1.807) is 6.92 Å². The van der Waals surface area contributed by atoms with Crippen LogP contribution in [0.3, 0.4) is 0 Å². The van der Waals surface area contributed by atoms with Gasteiger partial charge in [0, 0.05) is 41.0 Å². The smallest absolute Gasteiger partial charge is 0.218 e. The average Bonchev–Trinajstić information content (AvgIpc) is 2.99. The standard InChI is InChI=1S/C19H16BrF2N3O3S/c1-3-25(2)29(27,28)9-10-4-5-14(21)16(17(10)22)19(26)13-7-15(23)18-12(13)6-11(20)8-24-18/h4-8,23H,3,9H2,1-2H3. The summed E-state index contributed by atoms with van der Waals surface area (Å²) in [5.74, 6) is -4.03. The molecule has 0 amide bonds. The second-order valence-electron chi connectivity index (χ2n) is 6.42. The molecule has 0 fully saturated rings. The zero-order valence-corrected chi connectivity index (χ0v) is 17.9. The number of hydrogen-bond donors (Lipinski definition) is 1. The van der Waals surface area contributed by atoms with Gasteiger partial charge in [-0.2, -0.15) is 0 Å². The number of ketones is 1. The molecule has 1 aromatic heterocycles. The number of halogens is 3. The molecule has 1 heterocycles. The third kappa shape index (κ3) is 3.92. The van der Waals surface area contributed by atoms with Crippen molar-refractivity contribution in [3.05, 3.63) is 69.0 Å². The molecule has 152 valence electrons. The number of fused-ring (bicyclic) bond motifs is 1. The zero-order chi connectivity index (χ0) is 21.5. The van der Waals surface area contributed by atoms with E-state index in [0.29, 0.717) is 4.47 Å². The first kappa shape index (κ1) is 21.4. The van der Waals surface area contributed by atoms with Crippen molar-refractivity contribution in [1.29, 1.82) is 5.41 Å². The molecule has 6 nitrogen and oxygen atoms in total. The Labute approximate surface area is 174 Å². The van der Waals surface area contributed by atoms with Crippen molar-refractivity contribution >= 4 is 43.0 Å². The summed E-state index contributed by atoms with van der Waals surface area (Å²) in [5, 5.41) is 7.94. The van der Waals surface area contributed by atoms with E-state index in [2.05, 4.69) is 20.9 Å². The van der Waals surface area contributed by atoms with Gasteiger partial charge in [0.05, 0.1) is 22.7 Å². The minimum atomic E-state index is -3.83. The normalized spacial score (nSPS) is 13.6. The quantitative estimate of drug-likeness (QED) is 0.635. The maximum Gasteiger partial charge on any atom is 0.218 e. The van der Waals surface area contributed by atoms with Crippen LogP contribution in [0.15, 0.2) is 34.9 Å². The number of benzene rings is 1. The van der Waals surface area contributed by atoms with Gasteiger partial charge in [0.1, 0.15) is 11.6 Å². The molecule has 1 aliphatic rings. The van der Waals surface area contributed by atoms with E-state index >= 15 is 4.39 Å². The van der Waals surface area contributed by atoms with Gasteiger partial charge in [-0.15, -0.1) is 0 Å². The molecular weight excluding hydrogens is 468 g/mol. The Morgan fingerprint density at radius 1 is 1.31 bits per heavy atom. The minimum Gasteiger partial charge on any atom is -0.299 e. The van der Waals surface area contributed by atoms with Crippen LogP contribution in [-0.4, -0.2) is 42.8 Å². The lowest BCUT2D eigenvalue weighted by molar-refractivity contribution is 0.104. The Kier molecular flexibility index (Phi) is 5.79. The van der Waals surface area contributed by atoms with Gasteiger partial charge in [0.25, 0.3) is 0 Å². The molecule has 29 heavy (non-hydrogen) atoms. The first-order valence-electron chi connectivity index (χ1n) is 8.49. The van der Waals surface area contributed by atoms with Crippen LogP contribution in [-0.2, 0) is 15.8 Å². The average molecular weight is 484 g/mol. The maximum atomic E-state index is 15.0. The van der Waals surface area contributed by atoms with Gasteiger partial charge < -0.3 is 0 Å². The van der Waals surface area contributed by atoms with Crippen LogP contribution in [0.2, 0.25) is 0 Å². The van der Waals surface area contributed by atoms with Crippen LogP contribution in [0.25, 0.3) is 5.57 Å². The molecule has 0 aliphatic heterocycles. The van der Waals surface area contributed by atoms with Gasteiger partial charge >= 0.3 is 0 Å². The molecule has 0 unspecified atom stereocenters. The second-order valence-corrected chi connectivity index (χ2v) is 9.41. The number of nitrogens with one attached hydrogen (secondary N) is 1. The van der Waals surface area contributed by atoms with Crippen molar-refractivity contribution in [3.63, 3.8) is 0 Å². The van der Waals surface area contributed by atoms with Crippen molar-refractivity contribution in [1.82, 2.24) is 9.29 Å². The van der Waals surface area contributed by atoms with E-state index in [1.807, 2.05) is 0 Å². The fraction of sp³-hybridized carbons (Fsp3) is 0.211. The molecule has 0 saturated heterocycles. The number of carbonyl (C=O) groups excluding carboxylic acids is 1.